The molecule has 2 N–H and O–H groups in total. The average Bonchev–Trinajstić information content (AvgIpc) is 2.65. The van der Waals surface area contributed by atoms with Gasteiger partial charge in [-0.05, 0) is 24.6 Å². The molecule has 0 radical (unpaired) electrons. The fourth-order valence-electron chi connectivity index (χ4n) is 1.53. The minimum atomic E-state index is -0.226. The summed E-state index contributed by atoms with van der Waals surface area (Å²) < 4.78 is 5.22. The lowest BCUT2D eigenvalue weighted by molar-refractivity contribution is 0.530. The Bertz CT molecular complexity index is 464. The van der Waals surface area contributed by atoms with E-state index in [0.717, 1.165) is 16.9 Å². The van der Waals surface area contributed by atoms with Crippen LogP contribution in [0.25, 0.3) is 0 Å². The van der Waals surface area contributed by atoms with Crippen molar-refractivity contribution >= 4 is 11.6 Å². The van der Waals surface area contributed by atoms with Gasteiger partial charge in [0, 0.05) is 10.6 Å². The van der Waals surface area contributed by atoms with Crippen LogP contribution in [0.4, 0.5) is 0 Å². The molecule has 0 saturated carbocycles. The normalized spacial score (nSPS) is 12.7. The van der Waals surface area contributed by atoms with Crippen molar-refractivity contribution in [3.05, 3.63) is 58.5 Å². The second-order valence-corrected chi connectivity index (χ2v) is 3.90. The molecule has 0 spiro atoms. The maximum absolute atomic E-state index is 6.09. The molecule has 1 heterocycles. The maximum atomic E-state index is 6.09. The van der Waals surface area contributed by atoms with E-state index in [9.17, 15) is 0 Å². The van der Waals surface area contributed by atoms with Gasteiger partial charge in [-0.25, -0.2) is 0 Å². The monoisotopic (exact) mass is 221 g/mol. The Hall–Kier alpha value is -1.25. The quantitative estimate of drug-likeness (QED) is 0.845. The molecule has 1 aromatic heterocycles. The second-order valence-electron chi connectivity index (χ2n) is 3.49. The third kappa shape index (κ3) is 2.06. The third-order valence-electron chi connectivity index (χ3n) is 2.35. The first-order valence-electron chi connectivity index (χ1n) is 4.73. The first-order valence-corrected chi connectivity index (χ1v) is 5.11. The van der Waals surface area contributed by atoms with E-state index in [1.54, 1.807) is 6.26 Å². The van der Waals surface area contributed by atoms with Crippen LogP contribution < -0.4 is 5.73 Å². The van der Waals surface area contributed by atoms with Crippen molar-refractivity contribution in [2.45, 2.75) is 13.0 Å². The van der Waals surface area contributed by atoms with Gasteiger partial charge < -0.3 is 10.2 Å². The molecule has 1 unspecified atom stereocenters. The Morgan fingerprint density at radius 2 is 2.07 bits per heavy atom. The maximum Gasteiger partial charge on any atom is 0.101 e. The molecular weight excluding hydrogens is 210 g/mol. The van der Waals surface area contributed by atoms with Crippen LogP contribution in [0.15, 0.2) is 41.0 Å². The van der Waals surface area contributed by atoms with E-state index in [1.165, 1.54) is 0 Å². The van der Waals surface area contributed by atoms with E-state index in [1.807, 2.05) is 37.3 Å². The van der Waals surface area contributed by atoms with Crippen LogP contribution in [0.3, 0.4) is 0 Å². The van der Waals surface area contributed by atoms with Crippen molar-refractivity contribution in [2.24, 2.45) is 5.73 Å². The highest BCUT2D eigenvalue weighted by atomic mass is 35.5. The Morgan fingerprint density at radius 1 is 1.33 bits per heavy atom. The predicted octanol–water partition coefficient (Wildman–Crippen LogP) is 3.29. The summed E-state index contributed by atoms with van der Waals surface area (Å²) in [5.74, 6) is 0.854. The average molecular weight is 222 g/mol. The van der Waals surface area contributed by atoms with Crippen molar-refractivity contribution in [1.29, 1.82) is 0 Å². The van der Waals surface area contributed by atoms with Crippen molar-refractivity contribution in [3.63, 3.8) is 0 Å². The number of benzene rings is 1. The fraction of sp³-hybridized carbons (Fsp3) is 0.167. The predicted molar refractivity (Wildman–Crippen MR) is 60.9 cm³/mol. The summed E-state index contributed by atoms with van der Waals surface area (Å²) in [5, 5.41) is 0.684. The van der Waals surface area contributed by atoms with E-state index in [0.29, 0.717) is 5.02 Å². The number of halogens is 1. The van der Waals surface area contributed by atoms with Crippen LogP contribution in [0.1, 0.15) is 22.9 Å². The molecule has 2 aromatic rings. The summed E-state index contributed by atoms with van der Waals surface area (Å²) in [5.41, 5.74) is 7.95. The van der Waals surface area contributed by atoms with E-state index >= 15 is 0 Å². The summed E-state index contributed by atoms with van der Waals surface area (Å²) >= 11 is 6.07. The Morgan fingerprint density at radius 3 is 2.67 bits per heavy atom. The zero-order valence-electron chi connectivity index (χ0n) is 8.41. The zero-order chi connectivity index (χ0) is 10.8. The first-order chi connectivity index (χ1) is 7.18. The van der Waals surface area contributed by atoms with Gasteiger partial charge in [-0.2, -0.15) is 0 Å². The van der Waals surface area contributed by atoms with Crippen molar-refractivity contribution in [3.8, 4) is 0 Å². The van der Waals surface area contributed by atoms with Crippen LogP contribution in [0.2, 0.25) is 5.02 Å². The number of hydrogen-bond acceptors (Lipinski definition) is 2. The summed E-state index contributed by atoms with van der Waals surface area (Å²) in [6, 6.07) is 9.27. The number of hydrogen-bond donors (Lipinski definition) is 1. The van der Waals surface area contributed by atoms with Gasteiger partial charge >= 0.3 is 0 Å². The minimum Gasteiger partial charge on any atom is -0.469 e. The van der Waals surface area contributed by atoms with Crippen LogP contribution in [0.5, 0.6) is 0 Å². The van der Waals surface area contributed by atoms with E-state index in [4.69, 9.17) is 21.8 Å². The first kappa shape index (κ1) is 10.3. The Labute approximate surface area is 93.7 Å². The van der Waals surface area contributed by atoms with Crippen LogP contribution in [0, 0.1) is 6.92 Å². The summed E-state index contributed by atoms with van der Waals surface area (Å²) in [7, 11) is 0. The molecule has 1 atom stereocenters. The third-order valence-corrected chi connectivity index (χ3v) is 2.69. The number of rotatable bonds is 2. The largest absolute Gasteiger partial charge is 0.469 e. The zero-order valence-corrected chi connectivity index (χ0v) is 9.16. The molecule has 0 saturated heterocycles. The van der Waals surface area contributed by atoms with E-state index in [2.05, 4.69) is 0 Å². The number of aryl methyl sites for hydroxylation is 1. The highest BCUT2D eigenvalue weighted by molar-refractivity contribution is 6.31. The smallest absolute Gasteiger partial charge is 0.101 e. The molecule has 0 aliphatic carbocycles. The summed E-state index contributed by atoms with van der Waals surface area (Å²) in [6.07, 6.45) is 1.67. The second kappa shape index (κ2) is 4.09. The van der Waals surface area contributed by atoms with Gasteiger partial charge in [0.1, 0.15) is 5.76 Å². The molecule has 2 nitrogen and oxygen atoms in total. The minimum absolute atomic E-state index is 0.226. The number of furan rings is 1. The van der Waals surface area contributed by atoms with Gasteiger partial charge in [0.2, 0.25) is 0 Å². The molecule has 0 amide bonds. The van der Waals surface area contributed by atoms with Gasteiger partial charge in [0.25, 0.3) is 0 Å². The standard InChI is InChI=1S/C12H12ClNO/c1-8-6-9(7-15-8)12(14)10-4-2-3-5-11(10)13/h2-7,12H,14H2,1H3. The number of nitrogens with two attached hydrogens (primary N) is 1. The summed E-state index contributed by atoms with van der Waals surface area (Å²) in [6.45, 7) is 1.89. The molecular formula is C12H12ClNO. The Kier molecular flexibility index (Phi) is 2.80. The summed E-state index contributed by atoms with van der Waals surface area (Å²) in [4.78, 5) is 0. The van der Waals surface area contributed by atoms with Gasteiger partial charge in [0.15, 0.2) is 0 Å². The molecule has 15 heavy (non-hydrogen) atoms. The molecule has 1 aromatic carbocycles. The lowest BCUT2D eigenvalue weighted by atomic mass is 10.0. The molecule has 78 valence electrons. The van der Waals surface area contributed by atoms with Crippen LogP contribution in [-0.4, -0.2) is 0 Å². The molecule has 0 bridgehead atoms. The van der Waals surface area contributed by atoms with Crippen LogP contribution >= 0.6 is 11.6 Å². The van der Waals surface area contributed by atoms with Gasteiger partial charge in [0.05, 0.1) is 12.3 Å². The van der Waals surface area contributed by atoms with Crippen molar-refractivity contribution in [1.82, 2.24) is 0 Å². The lowest BCUT2D eigenvalue weighted by Crippen LogP contribution is -2.11. The van der Waals surface area contributed by atoms with E-state index in [-0.39, 0.29) is 6.04 Å². The van der Waals surface area contributed by atoms with Crippen molar-refractivity contribution in [2.75, 3.05) is 0 Å². The molecule has 0 aliphatic heterocycles. The molecule has 0 fully saturated rings. The molecule has 0 aliphatic rings. The van der Waals surface area contributed by atoms with Gasteiger partial charge in [-0.1, -0.05) is 29.8 Å². The van der Waals surface area contributed by atoms with Gasteiger partial charge in [-0.15, -0.1) is 0 Å². The molecule has 2 rings (SSSR count). The lowest BCUT2D eigenvalue weighted by Gasteiger charge is -2.11. The van der Waals surface area contributed by atoms with Crippen molar-refractivity contribution < 1.29 is 4.42 Å². The van der Waals surface area contributed by atoms with Crippen LogP contribution in [-0.2, 0) is 0 Å². The Balaban J connectivity index is 2.36. The SMILES string of the molecule is Cc1cc(C(N)c2ccccc2Cl)co1. The topological polar surface area (TPSA) is 39.2 Å². The molecule has 3 heteroatoms. The highest BCUT2D eigenvalue weighted by Gasteiger charge is 2.13. The van der Waals surface area contributed by atoms with E-state index < -0.39 is 0 Å². The highest BCUT2D eigenvalue weighted by Crippen LogP contribution is 2.27. The van der Waals surface area contributed by atoms with Gasteiger partial charge in [-0.3, -0.25) is 0 Å². The fourth-order valence-corrected chi connectivity index (χ4v) is 1.79.